The molecular weight excluding hydrogens is 304 g/mol. The summed E-state index contributed by atoms with van der Waals surface area (Å²) in [6, 6.07) is 0. The van der Waals surface area contributed by atoms with Gasteiger partial charge in [-0.15, -0.1) is 0 Å². The van der Waals surface area contributed by atoms with Crippen molar-refractivity contribution in [3.63, 3.8) is 0 Å². The smallest absolute Gasteiger partial charge is 0.309 e. The average molecular weight is 341 g/mol. The van der Waals surface area contributed by atoms with Crippen LogP contribution in [0.15, 0.2) is 0 Å². The molecule has 4 heteroatoms. The van der Waals surface area contributed by atoms with E-state index in [1.807, 2.05) is 0 Å². The summed E-state index contributed by atoms with van der Waals surface area (Å²) in [7, 11) is 0. The first-order chi connectivity index (χ1) is 11.6. The predicted molar refractivity (Wildman–Crippen MR) is 95.9 cm³/mol. The van der Waals surface area contributed by atoms with E-state index in [0.717, 1.165) is 19.3 Å². The van der Waals surface area contributed by atoms with Crippen molar-refractivity contribution < 1.29 is 19.4 Å². The first kappa shape index (κ1) is 21.0. The molecule has 0 saturated heterocycles. The predicted octanol–water partition coefficient (Wildman–Crippen LogP) is 5.34. The standard InChI is InChI=1S/C20H36O4/c1-3-5-6-7-8-9-10-11-18(4-2)24-20(23)17-14-12-16(13-15-17)19(21)22/h16-18H,3-15H2,1-2H3,(H,21,22). The molecule has 1 aliphatic rings. The minimum absolute atomic E-state index is 0.0327. The van der Waals surface area contributed by atoms with Gasteiger partial charge in [-0.05, 0) is 44.9 Å². The Balaban J connectivity index is 2.17. The molecular formula is C20H36O4. The molecule has 0 aromatic carbocycles. The van der Waals surface area contributed by atoms with Gasteiger partial charge in [-0.3, -0.25) is 9.59 Å². The summed E-state index contributed by atoms with van der Waals surface area (Å²) in [5.41, 5.74) is 0. The van der Waals surface area contributed by atoms with Gasteiger partial charge in [0.2, 0.25) is 0 Å². The summed E-state index contributed by atoms with van der Waals surface area (Å²) < 4.78 is 5.69. The highest BCUT2D eigenvalue weighted by Gasteiger charge is 2.31. The van der Waals surface area contributed by atoms with Crippen LogP contribution in [-0.2, 0) is 14.3 Å². The molecule has 0 aliphatic heterocycles. The summed E-state index contributed by atoms with van der Waals surface area (Å²) in [4.78, 5) is 23.2. The van der Waals surface area contributed by atoms with Gasteiger partial charge in [-0.1, -0.05) is 52.4 Å². The molecule has 0 amide bonds. The molecule has 0 spiro atoms. The molecule has 1 atom stereocenters. The summed E-state index contributed by atoms with van der Waals surface area (Å²) in [5.74, 6) is -1.20. The van der Waals surface area contributed by atoms with Crippen LogP contribution in [0, 0.1) is 11.8 Å². The van der Waals surface area contributed by atoms with Crippen molar-refractivity contribution >= 4 is 11.9 Å². The molecule has 0 aromatic rings. The van der Waals surface area contributed by atoms with Gasteiger partial charge in [0.1, 0.15) is 6.10 Å². The van der Waals surface area contributed by atoms with Crippen LogP contribution in [-0.4, -0.2) is 23.1 Å². The van der Waals surface area contributed by atoms with E-state index >= 15 is 0 Å². The topological polar surface area (TPSA) is 63.6 Å². The number of hydrogen-bond acceptors (Lipinski definition) is 3. The molecule has 1 unspecified atom stereocenters. The van der Waals surface area contributed by atoms with Crippen LogP contribution in [0.25, 0.3) is 0 Å². The highest BCUT2D eigenvalue weighted by Crippen LogP contribution is 2.30. The van der Waals surface area contributed by atoms with Gasteiger partial charge in [0, 0.05) is 0 Å². The number of rotatable bonds is 12. The van der Waals surface area contributed by atoms with Gasteiger partial charge in [-0.25, -0.2) is 0 Å². The Morgan fingerprint density at radius 2 is 1.46 bits per heavy atom. The van der Waals surface area contributed by atoms with Crippen molar-refractivity contribution in [1.29, 1.82) is 0 Å². The van der Waals surface area contributed by atoms with E-state index in [1.54, 1.807) is 0 Å². The second kappa shape index (κ2) is 12.3. The minimum Gasteiger partial charge on any atom is -0.481 e. The minimum atomic E-state index is -0.729. The number of carboxylic acid groups (broad SMARTS) is 1. The normalized spacial score (nSPS) is 22.1. The summed E-state index contributed by atoms with van der Waals surface area (Å²) in [5, 5.41) is 9.02. The van der Waals surface area contributed by atoms with Crippen molar-refractivity contribution in [2.75, 3.05) is 0 Å². The fraction of sp³-hybridized carbons (Fsp3) is 0.900. The van der Waals surface area contributed by atoms with Gasteiger partial charge in [0.25, 0.3) is 0 Å². The fourth-order valence-electron chi connectivity index (χ4n) is 3.51. The number of esters is 1. The third-order valence-corrected chi connectivity index (χ3v) is 5.28. The van der Waals surface area contributed by atoms with Crippen LogP contribution >= 0.6 is 0 Å². The lowest BCUT2D eigenvalue weighted by Crippen LogP contribution is -2.29. The van der Waals surface area contributed by atoms with Crippen LogP contribution in [0.2, 0.25) is 0 Å². The van der Waals surface area contributed by atoms with Crippen molar-refractivity contribution in [3.8, 4) is 0 Å². The number of carboxylic acids is 1. The highest BCUT2D eigenvalue weighted by molar-refractivity contribution is 5.74. The summed E-state index contributed by atoms with van der Waals surface area (Å²) in [6.45, 7) is 4.30. The first-order valence-corrected chi connectivity index (χ1v) is 10.0. The summed E-state index contributed by atoms with van der Waals surface area (Å²) in [6.07, 6.45) is 13.3. The van der Waals surface area contributed by atoms with Crippen molar-refractivity contribution in [2.45, 2.75) is 103 Å². The molecule has 4 nitrogen and oxygen atoms in total. The second-order valence-electron chi connectivity index (χ2n) is 7.26. The third kappa shape index (κ3) is 8.16. The zero-order valence-electron chi connectivity index (χ0n) is 15.6. The second-order valence-corrected chi connectivity index (χ2v) is 7.26. The molecule has 1 rings (SSSR count). The van der Waals surface area contributed by atoms with Gasteiger partial charge in [0.15, 0.2) is 0 Å². The molecule has 1 fully saturated rings. The van der Waals surface area contributed by atoms with E-state index in [-0.39, 0.29) is 23.9 Å². The van der Waals surface area contributed by atoms with E-state index in [4.69, 9.17) is 9.84 Å². The van der Waals surface area contributed by atoms with Crippen molar-refractivity contribution in [3.05, 3.63) is 0 Å². The van der Waals surface area contributed by atoms with Crippen LogP contribution < -0.4 is 0 Å². The molecule has 0 radical (unpaired) electrons. The van der Waals surface area contributed by atoms with Gasteiger partial charge in [0.05, 0.1) is 11.8 Å². The maximum atomic E-state index is 12.3. The SMILES string of the molecule is CCCCCCCCCC(CC)OC(=O)C1CCC(C(=O)O)CC1. The zero-order chi connectivity index (χ0) is 17.8. The Labute approximate surface area is 147 Å². The summed E-state index contributed by atoms with van der Waals surface area (Å²) >= 11 is 0. The van der Waals surface area contributed by atoms with Crippen LogP contribution in [0.3, 0.4) is 0 Å². The third-order valence-electron chi connectivity index (χ3n) is 5.28. The molecule has 24 heavy (non-hydrogen) atoms. The van der Waals surface area contributed by atoms with Crippen LogP contribution in [0.4, 0.5) is 0 Å². The number of ether oxygens (including phenoxy) is 1. The molecule has 0 bridgehead atoms. The average Bonchev–Trinajstić information content (AvgIpc) is 2.59. The maximum absolute atomic E-state index is 12.3. The number of carbonyl (C=O) groups is 2. The van der Waals surface area contributed by atoms with Crippen LogP contribution in [0.1, 0.15) is 97.3 Å². The van der Waals surface area contributed by atoms with Crippen LogP contribution in [0.5, 0.6) is 0 Å². The van der Waals surface area contributed by atoms with E-state index < -0.39 is 5.97 Å². The number of carbonyl (C=O) groups excluding carboxylic acids is 1. The lowest BCUT2D eigenvalue weighted by Gasteiger charge is -2.26. The van der Waals surface area contributed by atoms with Crippen molar-refractivity contribution in [2.24, 2.45) is 11.8 Å². The van der Waals surface area contributed by atoms with Gasteiger partial charge >= 0.3 is 11.9 Å². The number of aliphatic carboxylic acids is 1. The lowest BCUT2D eigenvalue weighted by atomic mass is 9.82. The Kier molecular flexibility index (Phi) is 10.8. The van der Waals surface area contributed by atoms with E-state index in [1.165, 1.54) is 38.5 Å². The van der Waals surface area contributed by atoms with E-state index in [2.05, 4.69) is 13.8 Å². The maximum Gasteiger partial charge on any atom is 0.309 e. The number of unbranched alkanes of at least 4 members (excludes halogenated alkanes) is 6. The molecule has 0 aromatic heterocycles. The lowest BCUT2D eigenvalue weighted by molar-refractivity contribution is -0.157. The molecule has 140 valence electrons. The van der Waals surface area contributed by atoms with E-state index in [0.29, 0.717) is 25.7 Å². The highest BCUT2D eigenvalue weighted by atomic mass is 16.5. The zero-order valence-corrected chi connectivity index (χ0v) is 15.6. The number of hydrogen-bond donors (Lipinski definition) is 1. The Morgan fingerprint density at radius 1 is 0.917 bits per heavy atom. The Hall–Kier alpha value is -1.06. The molecule has 1 aliphatic carbocycles. The van der Waals surface area contributed by atoms with Crippen molar-refractivity contribution in [1.82, 2.24) is 0 Å². The molecule has 0 heterocycles. The Bertz CT molecular complexity index is 359. The fourth-order valence-corrected chi connectivity index (χ4v) is 3.51. The first-order valence-electron chi connectivity index (χ1n) is 10.0. The monoisotopic (exact) mass is 340 g/mol. The largest absolute Gasteiger partial charge is 0.481 e. The van der Waals surface area contributed by atoms with Gasteiger partial charge in [-0.2, -0.15) is 0 Å². The molecule has 1 N–H and O–H groups in total. The van der Waals surface area contributed by atoms with E-state index in [9.17, 15) is 9.59 Å². The molecule has 1 saturated carbocycles. The van der Waals surface area contributed by atoms with Gasteiger partial charge < -0.3 is 9.84 Å². The Morgan fingerprint density at radius 3 is 2.00 bits per heavy atom. The quantitative estimate of drug-likeness (QED) is 0.385.